The Morgan fingerprint density at radius 1 is 1.32 bits per heavy atom. The molecule has 0 atom stereocenters. The summed E-state index contributed by atoms with van der Waals surface area (Å²) in [5, 5.41) is 10.6. The van der Waals surface area contributed by atoms with E-state index < -0.39 is 0 Å². The Balaban J connectivity index is 1.93. The highest BCUT2D eigenvalue weighted by atomic mass is 16.4. The first-order valence-electron chi connectivity index (χ1n) is 7.98. The highest BCUT2D eigenvalue weighted by molar-refractivity contribution is 6.09. The van der Waals surface area contributed by atoms with Crippen LogP contribution in [0.4, 0.5) is 5.82 Å². The van der Waals surface area contributed by atoms with E-state index in [1.54, 1.807) is 12.3 Å². The molecule has 0 saturated carbocycles. The number of carbonyl (C=O) groups excluding carboxylic acids is 1. The van der Waals surface area contributed by atoms with Crippen molar-refractivity contribution in [3.63, 3.8) is 0 Å². The predicted molar refractivity (Wildman–Crippen MR) is 95.7 cm³/mol. The molecule has 2 heterocycles. The zero-order valence-corrected chi connectivity index (χ0v) is 14.2. The van der Waals surface area contributed by atoms with E-state index in [1.165, 1.54) is 0 Å². The van der Waals surface area contributed by atoms with Crippen molar-refractivity contribution in [2.75, 3.05) is 5.32 Å². The largest absolute Gasteiger partial charge is 0.455 e. The Morgan fingerprint density at radius 3 is 2.84 bits per heavy atom. The molecule has 1 aliphatic carbocycles. The number of furan rings is 1. The molecule has 1 aliphatic rings. The Hall–Kier alpha value is -3.16. The Kier molecular flexibility index (Phi) is 4.51. The lowest BCUT2D eigenvalue weighted by Crippen LogP contribution is -2.22. The number of rotatable bonds is 3. The fourth-order valence-corrected chi connectivity index (χ4v) is 2.88. The Labute approximate surface area is 145 Å². The minimum atomic E-state index is -0.341. The van der Waals surface area contributed by atoms with E-state index >= 15 is 0 Å². The normalized spacial score (nSPS) is 14.9. The molecule has 1 amide bonds. The van der Waals surface area contributed by atoms with Crippen molar-refractivity contribution in [1.82, 2.24) is 4.98 Å². The summed E-state index contributed by atoms with van der Waals surface area (Å²) in [5.74, 6) is 1.02. The number of nitrogens with one attached hydrogen (secondary N) is 1. The van der Waals surface area contributed by atoms with Crippen LogP contribution >= 0.6 is 0 Å². The third-order valence-electron chi connectivity index (χ3n) is 3.98. The number of carbonyl (C=O) groups is 1. The van der Waals surface area contributed by atoms with Gasteiger partial charge in [0.2, 0.25) is 5.96 Å². The first-order chi connectivity index (χ1) is 12.0. The molecule has 0 fully saturated rings. The summed E-state index contributed by atoms with van der Waals surface area (Å²) in [5.41, 5.74) is 14.0. The summed E-state index contributed by atoms with van der Waals surface area (Å²) in [7, 11) is 0. The summed E-state index contributed by atoms with van der Waals surface area (Å²) in [6, 6.07) is 3.65. The van der Waals surface area contributed by atoms with Gasteiger partial charge in [0.1, 0.15) is 11.6 Å². The molecular formula is C17H20N6O2. The number of fused-ring (bicyclic) bond motifs is 1. The van der Waals surface area contributed by atoms with Gasteiger partial charge in [-0.1, -0.05) is 0 Å². The molecule has 0 radical (unpaired) electrons. The number of hydrogen-bond acceptors (Lipinski definition) is 5. The van der Waals surface area contributed by atoms with Crippen molar-refractivity contribution in [2.45, 2.75) is 33.1 Å². The topological polar surface area (TPSA) is 132 Å². The van der Waals surface area contributed by atoms with Crippen LogP contribution < -0.4 is 16.8 Å². The first-order valence-corrected chi connectivity index (χ1v) is 7.98. The van der Waals surface area contributed by atoms with Gasteiger partial charge in [-0.15, -0.1) is 5.10 Å². The maximum atomic E-state index is 12.6. The number of aryl methyl sites for hydroxylation is 2. The van der Waals surface area contributed by atoms with Crippen LogP contribution in [-0.2, 0) is 6.42 Å². The molecule has 0 unspecified atom stereocenters. The zero-order chi connectivity index (χ0) is 18.0. The predicted octanol–water partition coefficient (Wildman–Crippen LogP) is 1.86. The Morgan fingerprint density at radius 2 is 2.12 bits per heavy atom. The van der Waals surface area contributed by atoms with Gasteiger partial charge in [0.05, 0.1) is 5.71 Å². The molecule has 0 bridgehead atoms. The molecule has 130 valence electrons. The molecule has 8 nitrogen and oxygen atoms in total. The van der Waals surface area contributed by atoms with Gasteiger partial charge < -0.3 is 21.2 Å². The number of aromatic nitrogens is 1. The average molecular weight is 340 g/mol. The molecule has 0 aromatic carbocycles. The summed E-state index contributed by atoms with van der Waals surface area (Å²) >= 11 is 0. The SMILES string of the molecule is Cc1ccnc(NC(=O)c2oc3c(c2C)/C(=N/N=C(N)N)CCC3)c1. The van der Waals surface area contributed by atoms with E-state index in [-0.39, 0.29) is 17.6 Å². The average Bonchev–Trinajstić information content (AvgIpc) is 2.91. The maximum absolute atomic E-state index is 12.6. The van der Waals surface area contributed by atoms with Crippen LogP contribution in [0.1, 0.15) is 45.8 Å². The van der Waals surface area contributed by atoms with Gasteiger partial charge in [0, 0.05) is 23.7 Å². The van der Waals surface area contributed by atoms with E-state index in [1.807, 2.05) is 19.9 Å². The summed E-state index contributed by atoms with van der Waals surface area (Å²) in [6.07, 6.45) is 3.97. The quantitative estimate of drug-likeness (QED) is 0.446. The van der Waals surface area contributed by atoms with E-state index in [0.29, 0.717) is 5.82 Å². The lowest BCUT2D eigenvalue weighted by molar-refractivity contribution is 0.0993. The number of guanidine groups is 1. The van der Waals surface area contributed by atoms with Gasteiger partial charge in [-0.05, 0) is 44.4 Å². The smallest absolute Gasteiger partial charge is 0.292 e. The van der Waals surface area contributed by atoms with E-state index in [2.05, 4.69) is 20.5 Å². The number of pyridine rings is 1. The van der Waals surface area contributed by atoms with Crippen LogP contribution in [0, 0.1) is 13.8 Å². The van der Waals surface area contributed by atoms with Gasteiger partial charge in [0.15, 0.2) is 5.76 Å². The lowest BCUT2D eigenvalue weighted by atomic mass is 9.93. The second-order valence-corrected chi connectivity index (χ2v) is 5.95. The van der Waals surface area contributed by atoms with E-state index in [4.69, 9.17) is 15.9 Å². The van der Waals surface area contributed by atoms with Crippen LogP contribution in [0.15, 0.2) is 32.9 Å². The molecule has 0 aliphatic heterocycles. The Bertz CT molecular complexity index is 877. The van der Waals surface area contributed by atoms with Crippen LogP contribution in [-0.4, -0.2) is 22.6 Å². The summed E-state index contributed by atoms with van der Waals surface area (Å²) in [4.78, 5) is 16.7. The second-order valence-electron chi connectivity index (χ2n) is 5.95. The van der Waals surface area contributed by atoms with Crippen molar-refractivity contribution in [2.24, 2.45) is 21.7 Å². The van der Waals surface area contributed by atoms with Crippen LogP contribution in [0.3, 0.4) is 0 Å². The van der Waals surface area contributed by atoms with Gasteiger partial charge in [-0.2, -0.15) is 5.10 Å². The van der Waals surface area contributed by atoms with Gasteiger partial charge in [0.25, 0.3) is 5.91 Å². The highest BCUT2D eigenvalue weighted by Crippen LogP contribution is 2.30. The van der Waals surface area contributed by atoms with Crippen molar-refractivity contribution in [3.05, 3.63) is 46.5 Å². The van der Waals surface area contributed by atoms with Gasteiger partial charge in [-0.3, -0.25) is 4.79 Å². The van der Waals surface area contributed by atoms with Crippen LogP contribution in [0.5, 0.6) is 0 Å². The van der Waals surface area contributed by atoms with Crippen molar-refractivity contribution < 1.29 is 9.21 Å². The first kappa shape index (κ1) is 16.7. The minimum absolute atomic E-state index is 0.107. The molecule has 2 aromatic heterocycles. The fraction of sp³-hybridized carbons (Fsp3) is 0.294. The standard InChI is InChI=1S/C17H20N6O2/c1-9-6-7-20-13(8-9)21-16(24)15-10(2)14-11(22-23-17(18)19)4-3-5-12(14)25-15/h6-8H,3-5H2,1-2H3,(H4,18,19,23)(H,20,21,24)/b22-11+. The number of amides is 1. The summed E-state index contributed by atoms with van der Waals surface area (Å²) < 4.78 is 5.81. The third kappa shape index (κ3) is 3.52. The maximum Gasteiger partial charge on any atom is 0.292 e. The molecule has 25 heavy (non-hydrogen) atoms. The van der Waals surface area contributed by atoms with Crippen molar-refractivity contribution in [3.8, 4) is 0 Å². The summed E-state index contributed by atoms with van der Waals surface area (Å²) in [6.45, 7) is 3.76. The highest BCUT2D eigenvalue weighted by Gasteiger charge is 2.28. The van der Waals surface area contributed by atoms with E-state index in [9.17, 15) is 4.79 Å². The molecular weight excluding hydrogens is 320 g/mol. The number of anilines is 1. The molecule has 3 rings (SSSR count). The van der Waals surface area contributed by atoms with Crippen molar-refractivity contribution in [1.29, 1.82) is 0 Å². The van der Waals surface area contributed by atoms with E-state index in [0.717, 1.165) is 47.4 Å². The molecule has 8 heteroatoms. The molecule has 5 N–H and O–H groups in total. The molecule has 2 aromatic rings. The van der Waals surface area contributed by atoms with Crippen LogP contribution in [0.2, 0.25) is 0 Å². The third-order valence-corrected chi connectivity index (χ3v) is 3.98. The molecule has 0 spiro atoms. The number of nitrogens with zero attached hydrogens (tertiary/aromatic N) is 3. The minimum Gasteiger partial charge on any atom is -0.455 e. The van der Waals surface area contributed by atoms with Crippen LogP contribution in [0.25, 0.3) is 0 Å². The monoisotopic (exact) mass is 340 g/mol. The number of nitrogens with two attached hydrogens (primary N) is 2. The van der Waals surface area contributed by atoms with Crippen molar-refractivity contribution >= 4 is 23.4 Å². The lowest BCUT2D eigenvalue weighted by Gasteiger charge is -2.11. The van der Waals surface area contributed by atoms with Gasteiger partial charge in [-0.25, -0.2) is 4.98 Å². The fourth-order valence-electron chi connectivity index (χ4n) is 2.88. The molecule has 0 saturated heterocycles. The zero-order valence-electron chi connectivity index (χ0n) is 14.2. The second kappa shape index (κ2) is 6.76. The number of hydrogen-bond donors (Lipinski definition) is 3. The van der Waals surface area contributed by atoms with Gasteiger partial charge >= 0.3 is 0 Å².